The molecular formula is C27H31F2N7O. The van der Waals surface area contributed by atoms with E-state index >= 15 is 8.78 Å². The molecule has 2 aromatic heterocycles. The standard InChI is InChI=1S/C27H31F2N7O/c1-26(29,22(28)24-34-30-16-35(24)2)18-4-3-5-19(12-18)32-25(37)21-13-20(31-23(33-21)17-6-7-17)14-36-11-10-27(15-36)8-9-27/h3-5,12-13,16-17,22H,6-11,14-15H2,1-2H3,(H,32,37)/t22-,26+/m1/s1. The van der Waals surface area contributed by atoms with E-state index in [1.54, 1.807) is 25.2 Å². The third-order valence-electron chi connectivity index (χ3n) is 7.97. The van der Waals surface area contributed by atoms with Crippen molar-refractivity contribution in [2.24, 2.45) is 12.5 Å². The van der Waals surface area contributed by atoms with Crippen LogP contribution >= 0.6 is 0 Å². The quantitative estimate of drug-likeness (QED) is 0.479. The van der Waals surface area contributed by atoms with Gasteiger partial charge in [-0.25, -0.2) is 18.7 Å². The molecule has 1 saturated heterocycles. The Morgan fingerprint density at radius 1 is 1.24 bits per heavy atom. The van der Waals surface area contributed by atoms with Gasteiger partial charge in [-0.15, -0.1) is 10.2 Å². The van der Waals surface area contributed by atoms with Crippen LogP contribution in [0.25, 0.3) is 0 Å². The summed E-state index contributed by atoms with van der Waals surface area (Å²) in [6.45, 7) is 4.02. The number of nitrogens with one attached hydrogen (secondary N) is 1. The Balaban J connectivity index is 1.20. The van der Waals surface area contributed by atoms with Crippen LogP contribution < -0.4 is 5.32 Å². The molecule has 3 aliphatic rings. The monoisotopic (exact) mass is 507 g/mol. The van der Waals surface area contributed by atoms with Crippen molar-refractivity contribution in [3.63, 3.8) is 0 Å². The molecule has 6 rings (SSSR count). The summed E-state index contributed by atoms with van der Waals surface area (Å²) in [5.74, 6) is 0.522. The Morgan fingerprint density at radius 2 is 2.05 bits per heavy atom. The van der Waals surface area contributed by atoms with Gasteiger partial charge in [0.2, 0.25) is 0 Å². The van der Waals surface area contributed by atoms with Crippen LogP contribution in [0.1, 0.15) is 84.5 Å². The van der Waals surface area contributed by atoms with E-state index in [4.69, 9.17) is 4.98 Å². The molecule has 3 heterocycles. The number of aromatic nitrogens is 5. The number of likely N-dealkylation sites (tertiary alicyclic amines) is 1. The van der Waals surface area contributed by atoms with Crippen LogP contribution in [-0.2, 0) is 19.3 Å². The van der Waals surface area contributed by atoms with Gasteiger partial charge in [-0.2, -0.15) is 0 Å². The number of carbonyl (C=O) groups excluding carboxylic acids is 1. The number of amides is 1. The number of alkyl halides is 2. The van der Waals surface area contributed by atoms with Gasteiger partial charge < -0.3 is 9.88 Å². The van der Waals surface area contributed by atoms with Crippen LogP contribution in [0.15, 0.2) is 36.7 Å². The van der Waals surface area contributed by atoms with Gasteiger partial charge in [-0.3, -0.25) is 9.69 Å². The summed E-state index contributed by atoms with van der Waals surface area (Å²) >= 11 is 0. The van der Waals surface area contributed by atoms with Gasteiger partial charge in [-0.1, -0.05) is 12.1 Å². The zero-order chi connectivity index (χ0) is 25.8. The minimum atomic E-state index is -2.38. The largest absolute Gasteiger partial charge is 0.321 e. The van der Waals surface area contributed by atoms with Crippen LogP contribution in [0, 0.1) is 5.41 Å². The third kappa shape index (κ3) is 4.86. The molecule has 3 fully saturated rings. The summed E-state index contributed by atoms with van der Waals surface area (Å²) in [5, 5.41) is 10.2. The Bertz CT molecular complexity index is 1330. The molecule has 10 heteroatoms. The SMILES string of the molecule is Cn1cnnc1[C@@H](F)[C@@](C)(F)c1cccc(NC(=O)c2cc(CN3CCC4(CC4)C3)nc(C3CC3)n2)c1. The Kier molecular flexibility index (Phi) is 5.82. The highest BCUT2D eigenvalue weighted by atomic mass is 19.2. The maximum atomic E-state index is 15.7. The number of hydrogen-bond donors (Lipinski definition) is 1. The second-order valence-electron chi connectivity index (χ2n) is 11.1. The second-order valence-corrected chi connectivity index (χ2v) is 11.1. The average Bonchev–Trinajstić information content (AvgIpc) is 3.78. The summed E-state index contributed by atoms with van der Waals surface area (Å²) in [7, 11) is 1.56. The van der Waals surface area contributed by atoms with Crippen molar-refractivity contribution in [3.05, 3.63) is 65.3 Å². The molecule has 0 bridgehead atoms. The van der Waals surface area contributed by atoms with E-state index < -0.39 is 17.7 Å². The molecule has 0 unspecified atom stereocenters. The van der Waals surface area contributed by atoms with Crippen molar-refractivity contribution in [2.45, 2.75) is 63.3 Å². The van der Waals surface area contributed by atoms with Crippen molar-refractivity contribution in [2.75, 3.05) is 18.4 Å². The smallest absolute Gasteiger partial charge is 0.274 e. The predicted molar refractivity (Wildman–Crippen MR) is 133 cm³/mol. The maximum absolute atomic E-state index is 15.7. The van der Waals surface area contributed by atoms with Gasteiger partial charge in [0.1, 0.15) is 17.8 Å². The molecule has 0 radical (unpaired) electrons. The summed E-state index contributed by atoms with van der Waals surface area (Å²) in [6, 6.07) is 7.94. The van der Waals surface area contributed by atoms with Crippen LogP contribution in [0.3, 0.4) is 0 Å². The van der Waals surface area contributed by atoms with E-state index in [0.29, 0.717) is 29.3 Å². The van der Waals surface area contributed by atoms with Gasteiger partial charge in [0.15, 0.2) is 17.7 Å². The number of halogens is 2. The van der Waals surface area contributed by atoms with Gasteiger partial charge >= 0.3 is 0 Å². The fourth-order valence-corrected chi connectivity index (χ4v) is 5.22. The highest BCUT2D eigenvalue weighted by Crippen LogP contribution is 2.52. The van der Waals surface area contributed by atoms with E-state index in [-0.39, 0.29) is 11.4 Å². The lowest BCUT2D eigenvalue weighted by Gasteiger charge is -2.25. The topological polar surface area (TPSA) is 88.8 Å². The molecule has 37 heavy (non-hydrogen) atoms. The molecule has 2 aliphatic carbocycles. The summed E-state index contributed by atoms with van der Waals surface area (Å²) in [4.78, 5) is 25.0. The molecule has 3 aromatic rings. The second kappa shape index (κ2) is 8.93. The average molecular weight is 508 g/mol. The number of benzene rings is 1. The zero-order valence-electron chi connectivity index (χ0n) is 21.1. The molecule has 2 atom stereocenters. The third-order valence-corrected chi connectivity index (χ3v) is 7.97. The van der Waals surface area contributed by atoms with Crippen LogP contribution in [-0.4, -0.2) is 48.6 Å². The molecule has 1 aromatic carbocycles. The van der Waals surface area contributed by atoms with E-state index in [1.807, 2.05) is 0 Å². The highest BCUT2D eigenvalue weighted by Gasteiger charge is 2.47. The number of carbonyl (C=O) groups is 1. The van der Waals surface area contributed by atoms with Crippen molar-refractivity contribution in [3.8, 4) is 0 Å². The van der Waals surface area contributed by atoms with Crippen molar-refractivity contribution in [1.82, 2.24) is 29.6 Å². The molecule has 1 spiro atoms. The molecule has 1 aliphatic heterocycles. The van der Waals surface area contributed by atoms with Crippen molar-refractivity contribution >= 4 is 11.6 Å². The molecule has 8 nitrogen and oxygen atoms in total. The summed E-state index contributed by atoms with van der Waals surface area (Å²) < 4.78 is 32.1. The predicted octanol–water partition coefficient (Wildman–Crippen LogP) is 4.62. The van der Waals surface area contributed by atoms with Gasteiger partial charge in [0.05, 0.1) is 5.69 Å². The molecule has 1 N–H and O–H groups in total. The van der Waals surface area contributed by atoms with Crippen LogP contribution in [0.5, 0.6) is 0 Å². The Hall–Kier alpha value is -3.27. The lowest BCUT2D eigenvalue weighted by molar-refractivity contribution is 0.0564. The van der Waals surface area contributed by atoms with Gasteiger partial charge in [-0.05, 0) is 74.8 Å². The minimum absolute atomic E-state index is 0.0888. The molecule has 1 amide bonds. The molecular weight excluding hydrogens is 476 g/mol. The molecule has 2 saturated carbocycles. The van der Waals surface area contributed by atoms with E-state index in [9.17, 15) is 4.79 Å². The lowest BCUT2D eigenvalue weighted by atomic mass is 9.92. The lowest BCUT2D eigenvalue weighted by Crippen LogP contribution is -2.25. The fourth-order valence-electron chi connectivity index (χ4n) is 5.22. The highest BCUT2D eigenvalue weighted by molar-refractivity contribution is 6.03. The van der Waals surface area contributed by atoms with E-state index in [0.717, 1.165) is 44.4 Å². The normalized spacial score (nSPS) is 21.1. The van der Waals surface area contributed by atoms with E-state index in [1.165, 1.54) is 42.3 Å². The molecule has 194 valence electrons. The Labute approximate surface area is 214 Å². The minimum Gasteiger partial charge on any atom is -0.321 e. The number of anilines is 1. The van der Waals surface area contributed by atoms with E-state index in [2.05, 4.69) is 25.4 Å². The Morgan fingerprint density at radius 3 is 2.73 bits per heavy atom. The first-order valence-electron chi connectivity index (χ1n) is 12.9. The number of rotatable bonds is 8. The maximum Gasteiger partial charge on any atom is 0.274 e. The van der Waals surface area contributed by atoms with Crippen molar-refractivity contribution < 1.29 is 13.6 Å². The van der Waals surface area contributed by atoms with Crippen LogP contribution in [0.2, 0.25) is 0 Å². The van der Waals surface area contributed by atoms with Gasteiger partial charge in [0, 0.05) is 31.7 Å². The van der Waals surface area contributed by atoms with Crippen LogP contribution in [0.4, 0.5) is 14.5 Å². The van der Waals surface area contributed by atoms with Gasteiger partial charge in [0.25, 0.3) is 5.91 Å². The zero-order valence-corrected chi connectivity index (χ0v) is 21.1. The first kappa shape index (κ1) is 24.1. The number of nitrogens with zero attached hydrogens (tertiary/aromatic N) is 6. The number of aryl methyl sites for hydroxylation is 1. The first-order valence-corrected chi connectivity index (χ1v) is 12.9. The van der Waals surface area contributed by atoms with Crippen molar-refractivity contribution in [1.29, 1.82) is 0 Å². The summed E-state index contributed by atoms with van der Waals surface area (Å²) in [6.07, 6.45) is 5.22. The number of hydrogen-bond acceptors (Lipinski definition) is 6. The fraction of sp³-hybridized carbons (Fsp3) is 0.519. The summed E-state index contributed by atoms with van der Waals surface area (Å²) in [5.41, 5.74) is -0.256. The first-order chi connectivity index (χ1) is 17.7.